The zero-order chi connectivity index (χ0) is 11.4. The number of hydrogen-bond donors (Lipinski definition) is 1. The summed E-state index contributed by atoms with van der Waals surface area (Å²) < 4.78 is 0. The molecule has 1 nitrogen and oxygen atoms in total. The molecule has 1 saturated heterocycles. The fraction of sp³-hybridized carbons (Fsp3) is 0.600. The van der Waals surface area contributed by atoms with Crippen LogP contribution < -0.4 is 5.32 Å². The van der Waals surface area contributed by atoms with Gasteiger partial charge < -0.3 is 5.32 Å². The first-order chi connectivity index (χ1) is 7.75. The summed E-state index contributed by atoms with van der Waals surface area (Å²) in [6, 6.07) is 8.93. The lowest BCUT2D eigenvalue weighted by atomic mass is 9.84. The van der Waals surface area contributed by atoms with Crippen molar-refractivity contribution in [2.45, 2.75) is 33.1 Å². The van der Waals surface area contributed by atoms with Crippen LogP contribution in [0.4, 0.5) is 0 Å². The summed E-state index contributed by atoms with van der Waals surface area (Å²) >= 11 is 0. The van der Waals surface area contributed by atoms with Crippen LogP contribution in [0.15, 0.2) is 24.3 Å². The standard InChI is InChI=1S/C15H23N/c1-12-4-3-5-14(10-12)6-7-15-11-16-9-8-13(15)2/h3-5,10,13,15-16H,6-9,11H2,1-2H3. The monoisotopic (exact) mass is 217 g/mol. The van der Waals surface area contributed by atoms with Gasteiger partial charge in [0.1, 0.15) is 0 Å². The van der Waals surface area contributed by atoms with E-state index in [2.05, 4.69) is 43.4 Å². The number of aryl methyl sites for hydroxylation is 2. The molecule has 0 aromatic heterocycles. The average molecular weight is 217 g/mol. The van der Waals surface area contributed by atoms with Gasteiger partial charge in [-0.05, 0) is 56.7 Å². The van der Waals surface area contributed by atoms with E-state index in [1.54, 1.807) is 0 Å². The van der Waals surface area contributed by atoms with Gasteiger partial charge in [-0.2, -0.15) is 0 Å². The maximum atomic E-state index is 3.51. The number of piperidine rings is 1. The largest absolute Gasteiger partial charge is 0.316 e. The molecule has 0 aliphatic carbocycles. The van der Waals surface area contributed by atoms with Crippen LogP contribution in [0.5, 0.6) is 0 Å². The van der Waals surface area contributed by atoms with Crippen LogP contribution in [0.25, 0.3) is 0 Å². The predicted molar refractivity (Wildman–Crippen MR) is 69.6 cm³/mol. The van der Waals surface area contributed by atoms with Crippen molar-refractivity contribution in [3.05, 3.63) is 35.4 Å². The summed E-state index contributed by atoms with van der Waals surface area (Å²) in [5, 5.41) is 3.51. The van der Waals surface area contributed by atoms with E-state index in [-0.39, 0.29) is 0 Å². The molecule has 1 aliphatic heterocycles. The van der Waals surface area contributed by atoms with Crippen molar-refractivity contribution in [2.75, 3.05) is 13.1 Å². The third kappa shape index (κ3) is 3.08. The lowest BCUT2D eigenvalue weighted by Gasteiger charge is -2.29. The highest BCUT2D eigenvalue weighted by molar-refractivity contribution is 5.22. The summed E-state index contributed by atoms with van der Waals surface area (Å²) in [5.74, 6) is 1.76. The number of benzene rings is 1. The SMILES string of the molecule is Cc1cccc(CCC2CNCCC2C)c1. The van der Waals surface area contributed by atoms with Crippen molar-refractivity contribution < 1.29 is 0 Å². The Kier molecular flexibility index (Phi) is 4.00. The quantitative estimate of drug-likeness (QED) is 0.820. The Morgan fingerprint density at radius 3 is 3.00 bits per heavy atom. The zero-order valence-electron chi connectivity index (χ0n) is 10.5. The molecule has 16 heavy (non-hydrogen) atoms. The first-order valence-corrected chi connectivity index (χ1v) is 6.52. The van der Waals surface area contributed by atoms with Crippen molar-refractivity contribution in [3.8, 4) is 0 Å². The Hall–Kier alpha value is -0.820. The third-order valence-corrected chi connectivity index (χ3v) is 3.87. The molecule has 0 bridgehead atoms. The van der Waals surface area contributed by atoms with E-state index in [0.717, 1.165) is 11.8 Å². The second-order valence-corrected chi connectivity index (χ2v) is 5.26. The van der Waals surface area contributed by atoms with E-state index >= 15 is 0 Å². The fourth-order valence-corrected chi connectivity index (χ4v) is 2.66. The van der Waals surface area contributed by atoms with Gasteiger partial charge >= 0.3 is 0 Å². The van der Waals surface area contributed by atoms with Crippen LogP contribution >= 0.6 is 0 Å². The van der Waals surface area contributed by atoms with E-state index in [4.69, 9.17) is 0 Å². The molecule has 1 N–H and O–H groups in total. The van der Waals surface area contributed by atoms with E-state index in [0.29, 0.717) is 0 Å². The van der Waals surface area contributed by atoms with Crippen molar-refractivity contribution in [2.24, 2.45) is 11.8 Å². The normalized spacial score (nSPS) is 25.6. The molecule has 1 heteroatoms. The van der Waals surface area contributed by atoms with Crippen LogP contribution in [0.1, 0.15) is 30.9 Å². The smallest absolute Gasteiger partial charge is 0.00178 e. The molecule has 0 radical (unpaired) electrons. The van der Waals surface area contributed by atoms with Crippen LogP contribution in [0.2, 0.25) is 0 Å². The molecule has 1 aromatic rings. The summed E-state index contributed by atoms with van der Waals surface area (Å²) in [5.41, 5.74) is 2.88. The van der Waals surface area contributed by atoms with Crippen LogP contribution in [-0.2, 0) is 6.42 Å². The second-order valence-electron chi connectivity index (χ2n) is 5.26. The van der Waals surface area contributed by atoms with Crippen molar-refractivity contribution in [1.82, 2.24) is 5.32 Å². The first kappa shape index (κ1) is 11.7. The van der Waals surface area contributed by atoms with Gasteiger partial charge in [-0.3, -0.25) is 0 Å². The van der Waals surface area contributed by atoms with Crippen molar-refractivity contribution in [3.63, 3.8) is 0 Å². The molecule has 0 amide bonds. The van der Waals surface area contributed by atoms with Crippen LogP contribution in [0, 0.1) is 18.8 Å². The molecular weight excluding hydrogens is 194 g/mol. The van der Waals surface area contributed by atoms with E-state index < -0.39 is 0 Å². The highest BCUT2D eigenvalue weighted by Crippen LogP contribution is 2.23. The third-order valence-electron chi connectivity index (χ3n) is 3.87. The van der Waals surface area contributed by atoms with Gasteiger partial charge in [0.25, 0.3) is 0 Å². The Morgan fingerprint density at radius 2 is 2.25 bits per heavy atom. The minimum absolute atomic E-state index is 0.870. The number of hydrogen-bond acceptors (Lipinski definition) is 1. The lowest BCUT2D eigenvalue weighted by Crippen LogP contribution is -2.35. The molecule has 0 spiro atoms. The number of rotatable bonds is 3. The second kappa shape index (κ2) is 5.49. The Morgan fingerprint density at radius 1 is 1.38 bits per heavy atom. The Bertz CT molecular complexity index is 332. The predicted octanol–water partition coefficient (Wildman–Crippen LogP) is 3.17. The lowest BCUT2D eigenvalue weighted by molar-refractivity contribution is 0.260. The van der Waals surface area contributed by atoms with Gasteiger partial charge in [0, 0.05) is 0 Å². The molecule has 0 saturated carbocycles. The summed E-state index contributed by atoms with van der Waals surface area (Å²) in [7, 11) is 0. The molecule has 1 fully saturated rings. The van der Waals surface area contributed by atoms with Crippen LogP contribution in [-0.4, -0.2) is 13.1 Å². The topological polar surface area (TPSA) is 12.0 Å². The van der Waals surface area contributed by atoms with E-state index in [9.17, 15) is 0 Å². The van der Waals surface area contributed by atoms with Gasteiger partial charge in [-0.1, -0.05) is 36.8 Å². The zero-order valence-corrected chi connectivity index (χ0v) is 10.5. The van der Waals surface area contributed by atoms with Gasteiger partial charge in [0.05, 0.1) is 0 Å². The maximum absolute atomic E-state index is 3.51. The Balaban J connectivity index is 1.86. The van der Waals surface area contributed by atoms with Gasteiger partial charge in [-0.15, -0.1) is 0 Å². The van der Waals surface area contributed by atoms with E-state index in [1.807, 2.05) is 0 Å². The molecule has 2 unspecified atom stereocenters. The summed E-state index contributed by atoms with van der Waals surface area (Å²) in [6.45, 7) is 7.01. The molecule has 88 valence electrons. The maximum Gasteiger partial charge on any atom is -0.00178 e. The van der Waals surface area contributed by atoms with E-state index in [1.165, 1.54) is 43.5 Å². The molecule has 1 aliphatic rings. The van der Waals surface area contributed by atoms with Crippen molar-refractivity contribution >= 4 is 0 Å². The van der Waals surface area contributed by atoms with Crippen LogP contribution in [0.3, 0.4) is 0 Å². The number of nitrogens with one attached hydrogen (secondary N) is 1. The molecule has 2 atom stereocenters. The first-order valence-electron chi connectivity index (χ1n) is 6.52. The summed E-state index contributed by atoms with van der Waals surface area (Å²) in [6.07, 6.45) is 3.91. The van der Waals surface area contributed by atoms with Gasteiger partial charge in [0.15, 0.2) is 0 Å². The van der Waals surface area contributed by atoms with Gasteiger partial charge in [0.2, 0.25) is 0 Å². The minimum atomic E-state index is 0.870. The Labute approximate surface area is 99.3 Å². The highest BCUT2D eigenvalue weighted by atomic mass is 14.9. The minimum Gasteiger partial charge on any atom is -0.316 e. The highest BCUT2D eigenvalue weighted by Gasteiger charge is 2.20. The van der Waals surface area contributed by atoms with Gasteiger partial charge in [-0.25, -0.2) is 0 Å². The summed E-state index contributed by atoms with van der Waals surface area (Å²) in [4.78, 5) is 0. The molecule has 2 rings (SSSR count). The molecule has 1 aromatic carbocycles. The average Bonchev–Trinajstić information content (AvgIpc) is 2.28. The molecular formula is C15H23N. The molecule has 1 heterocycles. The fourth-order valence-electron chi connectivity index (χ4n) is 2.66. The van der Waals surface area contributed by atoms with Crippen molar-refractivity contribution in [1.29, 1.82) is 0 Å².